The standard InChI is InChI=1S/C16H18N2O4S/c1-10-4-6-13(8-11(10)2)18-16(19)12-5-7-14(22-3)15(9-12)23(17,20)21/h4-9H,1-3H3,(H,18,19)(H2,17,20,21). The lowest BCUT2D eigenvalue weighted by Crippen LogP contribution is -2.16. The highest BCUT2D eigenvalue weighted by Crippen LogP contribution is 2.24. The fraction of sp³-hybridized carbons (Fsp3) is 0.188. The van der Waals surface area contributed by atoms with E-state index in [-0.39, 0.29) is 16.2 Å². The Morgan fingerprint density at radius 1 is 1.09 bits per heavy atom. The number of rotatable bonds is 4. The molecule has 0 atom stereocenters. The van der Waals surface area contributed by atoms with Gasteiger partial charge in [-0.15, -0.1) is 0 Å². The van der Waals surface area contributed by atoms with Crippen molar-refractivity contribution in [1.29, 1.82) is 0 Å². The molecule has 0 fully saturated rings. The van der Waals surface area contributed by atoms with Crippen molar-refractivity contribution >= 4 is 21.6 Å². The van der Waals surface area contributed by atoms with Gasteiger partial charge in [-0.3, -0.25) is 4.79 Å². The van der Waals surface area contributed by atoms with Crippen LogP contribution in [-0.2, 0) is 10.0 Å². The predicted octanol–water partition coefficient (Wildman–Crippen LogP) is 2.21. The molecule has 0 aliphatic carbocycles. The number of hydrogen-bond donors (Lipinski definition) is 2. The molecule has 6 nitrogen and oxygen atoms in total. The van der Waals surface area contributed by atoms with Crippen LogP contribution in [0.3, 0.4) is 0 Å². The topological polar surface area (TPSA) is 98.5 Å². The quantitative estimate of drug-likeness (QED) is 0.895. The monoisotopic (exact) mass is 334 g/mol. The minimum Gasteiger partial charge on any atom is -0.495 e. The van der Waals surface area contributed by atoms with E-state index in [1.807, 2.05) is 26.0 Å². The summed E-state index contributed by atoms with van der Waals surface area (Å²) < 4.78 is 28.2. The minimum absolute atomic E-state index is 0.0928. The van der Waals surface area contributed by atoms with E-state index < -0.39 is 15.9 Å². The molecule has 0 radical (unpaired) electrons. The van der Waals surface area contributed by atoms with Crippen LogP contribution in [0.2, 0.25) is 0 Å². The maximum absolute atomic E-state index is 12.3. The molecular formula is C16H18N2O4S. The van der Waals surface area contributed by atoms with Gasteiger partial charge in [-0.1, -0.05) is 6.07 Å². The number of anilines is 1. The van der Waals surface area contributed by atoms with Crippen molar-refractivity contribution < 1.29 is 17.9 Å². The summed E-state index contributed by atoms with van der Waals surface area (Å²) in [6.45, 7) is 3.92. The molecule has 0 aromatic heterocycles. The number of hydrogen-bond acceptors (Lipinski definition) is 4. The number of amides is 1. The largest absolute Gasteiger partial charge is 0.495 e. The molecule has 0 unspecified atom stereocenters. The van der Waals surface area contributed by atoms with E-state index in [1.54, 1.807) is 6.07 Å². The molecule has 0 aliphatic rings. The van der Waals surface area contributed by atoms with Crippen molar-refractivity contribution in [3.05, 3.63) is 53.1 Å². The second-order valence-corrected chi connectivity index (χ2v) is 6.69. The molecule has 3 N–H and O–H groups in total. The number of nitrogens with one attached hydrogen (secondary N) is 1. The maximum Gasteiger partial charge on any atom is 0.255 e. The number of primary sulfonamides is 1. The third-order valence-electron chi connectivity index (χ3n) is 3.50. The molecule has 0 bridgehead atoms. The van der Waals surface area contributed by atoms with Gasteiger partial charge in [-0.2, -0.15) is 0 Å². The van der Waals surface area contributed by atoms with E-state index in [9.17, 15) is 13.2 Å². The molecule has 2 aromatic rings. The summed E-state index contributed by atoms with van der Waals surface area (Å²) in [5, 5.41) is 7.88. The van der Waals surface area contributed by atoms with Crippen LogP contribution in [0.5, 0.6) is 5.75 Å². The second-order valence-electron chi connectivity index (χ2n) is 5.16. The van der Waals surface area contributed by atoms with Crippen molar-refractivity contribution in [3.8, 4) is 5.75 Å². The van der Waals surface area contributed by atoms with Crippen molar-refractivity contribution in [3.63, 3.8) is 0 Å². The molecule has 0 heterocycles. The molecule has 0 aliphatic heterocycles. The van der Waals surface area contributed by atoms with Crippen LogP contribution >= 0.6 is 0 Å². The van der Waals surface area contributed by atoms with Crippen LogP contribution in [0.15, 0.2) is 41.3 Å². The number of benzene rings is 2. The zero-order valence-corrected chi connectivity index (χ0v) is 13.9. The van der Waals surface area contributed by atoms with Crippen LogP contribution in [0.1, 0.15) is 21.5 Å². The number of carbonyl (C=O) groups excluding carboxylic acids is 1. The van der Waals surface area contributed by atoms with Gasteiger partial charge >= 0.3 is 0 Å². The average Bonchev–Trinajstić information content (AvgIpc) is 2.49. The summed E-state index contributed by atoms with van der Waals surface area (Å²) >= 11 is 0. The van der Waals surface area contributed by atoms with Gasteiger partial charge in [0.2, 0.25) is 10.0 Å². The Hall–Kier alpha value is -2.38. The average molecular weight is 334 g/mol. The van der Waals surface area contributed by atoms with Gasteiger partial charge in [0.25, 0.3) is 5.91 Å². The minimum atomic E-state index is -3.99. The summed E-state index contributed by atoms with van der Waals surface area (Å²) in [7, 11) is -2.66. The lowest BCUT2D eigenvalue weighted by molar-refractivity contribution is 0.102. The van der Waals surface area contributed by atoms with Gasteiger partial charge in [-0.25, -0.2) is 13.6 Å². The number of carbonyl (C=O) groups is 1. The lowest BCUT2D eigenvalue weighted by atomic mass is 10.1. The SMILES string of the molecule is COc1ccc(C(=O)Nc2ccc(C)c(C)c2)cc1S(N)(=O)=O. The van der Waals surface area contributed by atoms with Crippen molar-refractivity contribution in [2.75, 3.05) is 12.4 Å². The van der Waals surface area contributed by atoms with Gasteiger partial charge in [0.05, 0.1) is 7.11 Å². The zero-order chi connectivity index (χ0) is 17.2. The van der Waals surface area contributed by atoms with E-state index in [0.717, 1.165) is 11.1 Å². The van der Waals surface area contributed by atoms with E-state index in [4.69, 9.17) is 9.88 Å². The molecule has 0 spiro atoms. The summed E-state index contributed by atoms with van der Waals surface area (Å²) in [4.78, 5) is 12.1. The molecule has 2 aromatic carbocycles. The summed E-state index contributed by atoms with van der Waals surface area (Å²) in [5.74, 6) is -0.337. The molecule has 122 valence electrons. The van der Waals surface area contributed by atoms with Crippen LogP contribution < -0.4 is 15.2 Å². The first-order valence-corrected chi connectivity index (χ1v) is 8.36. The Kier molecular flexibility index (Phi) is 4.72. The van der Waals surface area contributed by atoms with Crippen LogP contribution in [0.4, 0.5) is 5.69 Å². The smallest absolute Gasteiger partial charge is 0.255 e. The first-order valence-electron chi connectivity index (χ1n) is 6.82. The Bertz CT molecular complexity index is 860. The van der Waals surface area contributed by atoms with Gasteiger partial charge in [0, 0.05) is 11.3 Å². The van der Waals surface area contributed by atoms with Gasteiger partial charge in [-0.05, 0) is 55.3 Å². The Balaban J connectivity index is 2.34. The maximum atomic E-state index is 12.3. The third kappa shape index (κ3) is 3.88. The first kappa shape index (κ1) is 17.0. The fourth-order valence-corrected chi connectivity index (χ4v) is 2.79. The van der Waals surface area contributed by atoms with E-state index in [1.165, 1.54) is 25.3 Å². The lowest BCUT2D eigenvalue weighted by Gasteiger charge is -2.10. The highest BCUT2D eigenvalue weighted by Gasteiger charge is 2.18. The van der Waals surface area contributed by atoms with Crippen molar-refractivity contribution in [2.24, 2.45) is 5.14 Å². The fourth-order valence-electron chi connectivity index (χ4n) is 2.06. The Labute approximate surface area is 135 Å². The number of aryl methyl sites for hydroxylation is 2. The number of methoxy groups -OCH3 is 1. The van der Waals surface area contributed by atoms with Crippen molar-refractivity contribution in [1.82, 2.24) is 0 Å². The number of nitrogens with two attached hydrogens (primary N) is 1. The van der Waals surface area contributed by atoms with Crippen molar-refractivity contribution in [2.45, 2.75) is 18.7 Å². The number of sulfonamides is 1. The molecule has 0 saturated carbocycles. The summed E-state index contributed by atoms with van der Waals surface area (Å²) in [5.41, 5.74) is 2.96. The molecule has 0 saturated heterocycles. The predicted molar refractivity (Wildman–Crippen MR) is 88.2 cm³/mol. The van der Waals surface area contributed by atoms with Crippen LogP contribution in [0, 0.1) is 13.8 Å². The zero-order valence-electron chi connectivity index (χ0n) is 13.1. The van der Waals surface area contributed by atoms with E-state index in [2.05, 4.69) is 5.32 Å². The molecule has 7 heteroatoms. The van der Waals surface area contributed by atoms with E-state index in [0.29, 0.717) is 5.69 Å². The first-order chi connectivity index (χ1) is 10.7. The Morgan fingerprint density at radius 3 is 2.35 bits per heavy atom. The van der Waals surface area contributed by atoms with Gasteiger partial charge in [0.15, 0.2) is 0 Å². The van der Waals surface area contributed by atoms with Gasteiger partial charge in [0.1, 0.15) is 10.6 Å². The summed E-state index contributed by atoms with van der Waals surface area (Å²) in [6.07, 6.45) is 0. The molecule has 2 rings (SSSR count). The summed E-state index contributed by atoms with van der Waals surface area (Å²) in [6, 6.07) is 9.60. The third-order valence-corrected chi connectivity index (χ3v) is 4.43. The molecule has 1 amide bonds. The van der Waals surface area contributed by atoms with Crippen LogP contribution in [0.25, 0.3) is 0 Å². The van der Waals surface area contributed by atoms with E-state index >= 15 is 0 Å². The molecule has 23 heavy (non-hydrogen) atoms. The second kappa shape index (κ2) is 6.39. The number of ether oxygens (including phenoxy) is 1. The van der Waals surface area contributed by atoms with Gasteiger partial charge < -0.3 is 10.1 Å². The molecular weight excluding hydrogens is 316 g/mol. The highest BCUT2D eigenvalue weighted by molar-refractivity contribution is 7.89. The Morgan fingerprint density at radius 2 is 1.78 bits per heavy atom. The van der Waals surface area contributed by atoms with Crippen LogP contribution in [-0.4, -0.2) is 21.4 Å². The highest BCUT2D eigenvalue weighted by atomic mass is 32.2. The normalized spacial score (nSPS) is 11.1.